The zero-order valence-electron chi connectivity index (χ0n) is 17.2. The molecule has 2 aliphatic carbocycles. The van der Waals surface area contributed by atoms with Gasteiger partial charge in [0.05, 0.1) is 6.10 Å². The Hall–Kier alpha value is -1.13. The summed E-state index contributed by atoms with van der Waals surface area (Å²) in [6, 6.07) is 0. The van der Waals surface area contributed by atoms with Crippen molar-refractivity contribution in [2.75, 3.05) is 0 Å². The van der Waals surface area contributed by atoms with Crippen LogP contribution < -0.4 is 0 Å². The van der Waals surface area contributed by atoms with Crippen molar-refractivity contribution in [3.63, 3.8) is 0 Å². The monoisotopic (exact) mass is 364 g/mol. The van der Waals surface area contributed by atoms with Crippen LogP contribution in [0.3, 0.4) is 0 Å². The first-order chi connectivity index (χ1) is 11.9. The van der Waals surface area contributed by atoms with Crippen molar-refractivity contribution >= 4 is 5.97 Å². The van der Waals surface area contributed by atoms with E-state index in [2.05, 4.69) is 33.4 Å². The summed E-state index contributed by atoms with van der Waals surface area (Å²) in [6.07, 6.45) is 5.81. The Kier molecular flexibility index (Phi) is 5.80. The summed E-state index contributed by atoms with van der Waals surface area (Å²) in [5, 5.41) is 22.7. The van der Waals surface area contributed by atoms with Crippen LogP contribution in [0.15, 0.2) is 24.3 Å². The standard InChI is InChI=1S/C22H36O4/c1-8-14(2)10-11-16-21(6)13-9-12-20(4,5)18(21)17(24)19(22(16,7)25)26-15(3)23/h8,10,16-19,24-25H,1,9,11-13H2,2-7H3/b14-10+/t16-,17-,18+,19+,21-,22+/m0/s1. The van der Waals surface area contributed by atoms with E-state index in [1.165, 1.54) is 6.92 Å². The maximum Gasteiger partial charge on any atom is 0.303 e. The highest BCUT2D eigenvalue weighted by atomic mass is 16.6. The molecule has 2 N–H and O–H groups in total. The number of allylic oxidation sites excluding steroid dienone is 3. The summed E-state index contributed by atoms with van der Waals surface area (Å²) >= 11 is 0. The normalized spacial score (nSPS) is 42.7. The summed E-state index contributed by atoms with van der Waals surface area (Å²) in [4.78, 5) is 11.7. The molecule has 4 heteroatoms. The topological polar surface area (TPSA) is 66.8 Å². The first kappa shape index (κ1) is 21.2. The van der Waals surface area contributed by atoms with E-state index in [-0.39, 0.29) is 22.7 Å². The van der Waals surface area contributed by atoms with Gasteiger partial charge in [0.15, 0.2) is 6.10 Å². The molecule has 2 saturated carbocycles. The zero-order chi connectivity index (χ0) is 19.9. The van der Waals surface area contributed by atoms with Gasteiger partial charge in [-0.15, -0.1) is 0 Å². The van der Waals surface area contributed by atoms with Crippen molar-refractivity contribution in [1.29, 1.82) is 0 Å². The van der Waals surface area contributed by atoms with Crippen LogP contribution >= 0.6 is 0 Å². The number of esters is 1. The van der Waals surface area contributed by atoms with E-state index < -0.39 is 23.8 Å². The van der Waals surface area contributed by atoms with E-state index in [4.69, 9.17) is 4.74 Å². The third-order valence-corrected chi connectivity index (χ3v) is 7.11. The number of carbonyl (C=O) groups excluding carboxylic acids is 1. The van der Waals surface area contributed by atoms with Crippen LogP contribution in [0, 0.1) is 22.7 Å². The molecule has 0 radical (unpaired) electrons. The Morgan fingerprint density at radius 1 is 1.23 bits per heavy atom. The Balaban J connectivity index is 2.56. The lowest BCUT2D eigenvalue weighted by Crippen LogP contribution is -2.70. The first-order valence-corrected chi connectivity index (χ1v) is 9.75. The molecule has 2 rings (SSSR count). The SMILES string of the molecule is C=C/C(C)=C/C[C@@H]1[C@@](C)(O)[C@H](OC(C)=O)[C@@H](O)[C@@H]2C(C)(C)CCC[C@]21C. The third-order valence-electron chi connectivity index (χ3n) is 7.11. The molecule has 0 saturated heterocycles. The second-order valence-electron chi connectivity index (χ2n) is 9.51. The number of hydrogen-bond donors (Lipinski definition) is 2. The summed E-state index contributed by atoms with van der Waals surface area (Å²) in [5.74, 6) is -0.638. The minimum atomic E-state index is -1.30. The van der Waals surface area contributed by atoms with E-state index in [1.54, 1.807) is 13.0 Å². The molecule has 0 heterocycles. The van der Waals surface area contributed by atoms with Gasteiger partial charge in [-0.2, -0.15) is 0 Å². The molecule has 0 bridgehead atoms. The van der Waals surface area contributed by atoms with E-state index >= 15 is 0 Å². The summed E-state index contributed by atoms with van der Waals surface area (Å²) in [6.45, 7) is 15.4. The number of ether oxygens (including phenoxy) is 1. The van der Waals surface area contributed by atoms with E-state index in [0.29, 0.717) is 6.42 Å². The van der Waals surface area contributed by atoms with Crippen LogP contribution in [-0.4, -0.2) is 34.0 Å². The van der Waals surface area contributed by atoms with Gasteiger partial charge in [0, 0.05) is 12.8 Å². The van der Waals surface area contributed by atoms with Crippen LogP contribution in [0.25, 0.3) is 0 Å². The lowest BCUT2D eigenvalue weighted by molar-refractivity contribution is -0.271. The highest BCUT2D eigenvalue weighted by Gasteiger charge is 2.66. The fourth-order valence-electron chi connectivity index (χ4n) is 6.02. The number of rotatable bonds is 4. The van der Waals surface area contributed by atoms with E-state index in [9.17, 15) is 15.0 Å². The second kappa shape index (κ2) is 7.12. The Bertz CT molecular complexity index is 589. The Labute approximate surface area is 158 Å². The molecule has 6 atom stereocenters. The predicted molar refractivity (Wildman–Crippen MR) is 103 cm³/mol. The van der Waals surface area contributed by atoms with Crippen molar-refractivity contribution in [3.8, 4) is 0 Å². The van der Waals surface area contributed by atoms with Crippen molar-refractivity contribution in [2.45, 2.75) is 85.0 Å². The van der Waals surface area contributed by atoms with Crippen LogP contribution in [0.2, 0.25) is 0 Å². The molecule has 0 aliphatic heterocycles. The van der Waals surface area contributed by atoms with Crippen LogP contribution in [-0.2, 0) is 9.53 Å². The smallest absolute Gasteiger partial charge is 0.303 e. The van der Waals surface area contributed by atoms with E-state index in [1.807, 2.05) is 6.92 Å². The van der Waals surface area contributed by atoms with Crippen LogP contribution in [0.1, 0.15) is 67.2 Å². The predicted octanol–water partition coefficient (Wildman–Crippen LogP) is 4.01. The third kappa shape index (κ3) is 3.50. The minimum Gasteiger partial charge on any atom is -0.457 e. The van der Waals surface area contributed by atoms with Gasteiger partial charge in [-0.05, 0) is 49.9 Å². The lowest BCUT2D eigenvalue weighted by atomic mass is 9.43. The van der Waals surface area contributed by atoms with Gasteiger partial charge in [-0.1, -0.05) is 51.5 Å². The molecule has 2 aliphatic rings. The molecule has 0 amide bonds. The van der Waals surface area contributed by atoms with Gasteiger partial charge >= 0.3 is 5.97 Å². The molecule has 0 aromatic rings. The van der Waals surface area contributed by atoms with Gasteiger partial charge in [0.1, 0.15) is 5.60 Å². The second-order valence-corrected chi connectivity index (χ2v) is 9.51. The van der Waals surface area contributed by atoms with Gasteiger partial charge in [-0.3, -0.25) is 4.79 Å². The highest BCUT2D eigenvalue weighted by molar-refractivity contribution is 5.66. The molecular formula is C22H36O4. The van der Waals surface area contributed by atoms with Gasteiger partial charge < -0.3 is 14.9 Å². The average molecular weight is 365 g/mol. The van der Waals surface area contributed by atoms with Gasteiger partial charge in [0.2, 0.25) is 0 Å². The number of aliphatic hydroxyl groups is 2. The number of hydrogen-bond acceptors (Lipinski definition) is 4. The molecule has 0 unspecified atom stereocenters. The van der Waals surface area contributed by atoms with Crippen molar-refractivity contribution in [3.05, 3.63) is 24.3 Å². The number of aliphatic hydroxyl groups excluding tert-OH is 1. The highest BCUT2D eigenvalue weighted by Crippen LogP contribution is 2.63. The molecule has 2 fully saturated rings. The fourth-order valence-corrected chi connectivity index (χ4v) is 6.02. The van der Waals surface area contributed by atoms with Crippen LogP contribution in [0.4, 0.5) is 0 Å². The molecule has 0 aromatic carbocycles. The number of fused-ring (bicyclic) bond motifs is 1. The quantitative estimate of drug-likeness (QED) is 0.584. The average Bonchev–Trinajstić information content (AvgIpc) is 2.49. The molecular weight excluding hydrogens is 328 g/mol. The molecule has 26 heavy (non-hydrogen) atoms. The fraction of sp³-hybridized carbons (Fsp3) is 0.773. The van der Waals surface area contributed by atoms with Crippen molar-refractivity contribution in [2.24, 2.45) is 22.7 Å². The minimum absolute atomic E-state index is 0.0456. The Morgan fingerprint density at radius 2 is 1.85 bits per heavy atom. The Morgan fingerprint density at radius 3 is 2.38 bits per heavy atom. The molecule has 4 nitrogen and oxygen atoms in total. The lowest BCUT2D eigenvalue weighted by Gasteiger charge is -2.64. The van der Waals surface area contributed by atoms with E-state index in [0.717, 1.165) is 24.8 Å². The largest absolute Gasteiger partial charge is 0.457 e. The number of carbonyl (C=O) groups is 1. The summed E-state index contributed by atoms with van der Waals surface area (Å²) in [7, 11) is 0. The van der Waals surface area contributed by atoms with Crippen molar-refractivity contribution < 1.29 is 19.7 Å². The first-order valence-electron chi connectivity index (χ1n) is 9.75. The molecule has 0 aromatic heterocycles. The van der Waals surface area contributed by atoms with Gasteiger partial charge in [-0.25, -0.2) is 0 Å². The molecule has 0 spiro atoms. The zero-order valence-corrected chi connectivity index (χ0v) is 17.2. The van der Waals surface area contributed by atoms with Crippen LogP contribution in [0.5, 0.6) is 0 Å². The summed E-state index contributed by atoms with van der Waals surface area (Å²) in [5.41, 5.74) is -0.566. The van der Waals surface area contributed by atoms with Gasteiger partial charge in [0.25, 0.3) is 0 Å². The molecule has 148 valence electrons. The van der Waals surface area contributed by atoms with Crippen molar-refractivity contribution in [1.82, 2.24) is 0 Å². The maximum absolute atomic E-state index is 11.7. The maximum atomic E-state index is 11.7. The summed E-state index contributed by atoms with van der Waals surface area (Å²) < 4.78 is 5.49.